The summed E-state index contributed by atoms with van der Waals surface area (Å²) in [5.41, 5.74) is 0. The number of aromatic nitrogens is 1. The van der Waals surface area contributed by atoms with Crippen molar-refractivity contribution < 1.29 is 13.2 Å². The molecule has 1 atom stereocenters. The number of aryl methyl sites for hydroxylation is 1. The van der Waals surface area contributed by atoms with E-state index in [0.29, 0.717) is 4.88 Å². The van der Waals surface area contributed by atoms with Crippen molar-refractivity contribution in [1.82, 2.24) is 10.3 Å². The van der Waals surface area contributed by atoms with Crippen molar-refractivity contribution >= 4 is 22.7 Å². The van der Waals surface area contributed by atoms with Crippen molar-refractivity contribution in [2.24, 2.45) is 0 Å². The number of rotatable bonds is 6. The number of nitrogens with zero attached hydrogens (tertiary/aromatic N) is 1. The second-order valence-electron chi connectivity index (χ2n) is 4.61. The van der Waals surface area contributed by atoms with Crippen LogP contribution >= 0.6 is 22.7 Å². The first-order valence-electron chi connectivity index (χ1n) is 6.80. The molecule has 0 aromatic carbocycles. The Balaban J connectivity index is 2.29. The number of thiophene rings is 1. The molecule has 0 saturated heterocycles. The number of nitrogens with one attached hydrogen (secondary N) is 1. The van der Waals surface area contributed by atoms with E-state index in [1.165, 1.54) is 11.1 Å². The van der Waals surface area contributed by atoms with Gasteiger partial charge in [-0.2, -0.15) is 13.2 Å². The van der Waals surface area contributed by atoms with E-state index >= 15 is 0 Å². The Morgan fingerprint density at radius 1 is 1.19 bits per heavy atom. The van der Waals surface area contributed by atoms with Gasteiger partial charge in [0.15, 0.2) is 5.01 Å². The molecule has 0 aliphatic carbocycles. The molecule has 7 heteroatoms. The summed E-state index contributed by atoms with van der Waals surface area (Å²) in [6.07, 6.45) is -1.18. The van der Waals surface area contributed by atoms with E-state index in [1.54, 1.807) is 11.3 Å². The maximum atomic E-state index is 12.7. The lowest BCUT2D eigenvalue weighted by Gasteiger charge is -2.15. The summed E-state index contributed by atoms with van der Waals surface area (Å²) < 4.78 is 38.1. The highest BCUT2D eigenvalue weighted by molar-refractivity contribution is 7.13. The topological polar surface area (TPSA) is 24.9 Å². The minimum atomic E-state index is -4.37. The van der Waals surface area contributed by atoms with Crippen LogP contribution in [0.15, 0.2) is 18.3 Å². The van der Waals surface area contributed by atoms with Gasteiger partial charge in [-0.15, -0.1) is 22.7 Å². The van der Waals surface area contributed by atoms with E-state index in [0.717, 1.165) is 35.6 Å². The first-order valence-corrected chi connectivity index (χ1v) is 8.43. The van der Waals surface area contributed by atoms with E-state index in [4.69, 9.17) is 0 Å². The molecule has 2 nitrogen and oxygen atoms in total. The zero-order valence-electron chi connectivity index (χ0n) is 11.8. The molecule has 0 radical (unpaired) electrons. The standard InChI is InChI=1S/C14H17F3N2S2/c1-3-7-18-12(10-6-5-9(4-2)20-10)11-8-19-13(21-11)14(15,16)17/h5-6,8,12,18H,3-4,7H2,1-2H3. The SMILES string of the molecule is CCCNC(c1ccc(CC)s1)c1cnc(C(F)(F)F)s1. The van der Waals surface area contributed by atoms with Crippen LogP contribution in [0.3, 0.4) is 0 Å². The molecule has 2 heterocycles. The Labute approximate surface area is 130 Å². The van der Waals surface area contributed by atoms with Crippen molar-refractivity contribution in [2.75, 3.05) is 6.54 Å². The Kier molecular flexibility index (Phi) is 5.40. The third-order valence-electron chi connectivity index (χ3n) is 2.96. The molecule has 0 spiro atoms. The summed E-state index contributed by atoms with van der Waals surface area (Å²) in [6.45, 7) is 4.85. The Morgan fingerprint density at radius 2 is 1.95 bits per heavy atom. The second kappa shape index (κ2) is 6.89. The third-order valence-corrected chi connectivity index (χ3v) is 5.37. The lowest BCUT2D eigenvalue weighted by atomic mass is 10.2. The molecule has 2 aromatic heterocycles. The van der Waals surface area contributed by atoms with Gasteiger partial charge in [0.2, 0.25) is 0 Å². The highest BCUT2D eigenvalue weighted by atomic mass is 32.1. The van der Waals surface area contributed by atoms with Crippen LogP contribution in [0.2, 0.25) is 0 Å². The first-order chi connectivity index (χ1) is 9.95. The maximum absolute atomic E-state index is 12.7. The van der Waals surface area contributed by atoms with Crippen LogP contribution in [-0.4, -0.2) is 11.5 Å². The predicted molar refractivity (Wildman–Crippen MR) is 80.9 cm³/mol. The van der Waals surface area contributed by atoms with E-state index in [9.17, 15) is 13.2 Å². The largest absolute Gasteiger partial charge is 0.443 e. The summed E-state index contributed by atoms with van der Waals surface area (Å²) in [5.74, 6) is 0. The van der Waals surface area contributed by atoms with Crippen LogP contribution in [0, 0.1) is 0 Å². The van der Waals surface area contributed by atoms with Crippen molar-refractivity contribution in [2.45, 2.75) is 38.9 Å². The molecule has 2 aromatic rings. The number of thiazole rings is 1. The normalized spacial score (nSPS) is 13.6. The summed E-state index contributed by atoms with van der Waals surface area (Å²) in [6, 6.07) is 3.82. The Bertz CT molecular complexity index is 575. The van der Waals surface area contributed by atoms with Crippen LogP contribution in [0.1, 0.15) is 45.9 Å². The summed E-state index contributed by atoms with van der Waals surface area (Å²) in [4.78, 5) is 6.41. The molecule has 1 unspecified atom stereocenters. The molecule has 0 bridgehead atoms. The fourth-order valence-electron chi connectivity index (χ4n) is 1.92. The lowest BCUT2D eigenvalue weighted by molar-refractivity contribution is -0.137. The van der Waals surface area contributed by atoms with Crippen molar-refractivity contribution in [3.63, 3.8) is 0 Å². The van der Waals surface area contributed by atoms with Crippen molar-refractivity contribution in [1.29, 1.82) is 0 Å². The maximum Gasteiger partial charge on any atom is 0.443 e. The molecular formula is C14H17F3N2S2. The van der Waals surface area contributed by atoms with E-state index in [1.807, 2.05) is 19.1 Å². The summed E-state index contributed by atoms with van der Waals surface area (Å²) in [5, 5.41) is 2.53. The zero-order valence-corrected chi connectivity index (χ0v) is 13.5. The lowest BCUT2D eigenvalue weighted by Crippen LogP contribution is -2.21. The zero-order chi connectivity index (χ0) is 15.5. The smallest absolute Gasteiger partial charge is 0.305 e. The third kappa shape index (κ3) is 4.05. The minimum Gasteiger partial charge on any atom is -0.305 e. The van der Waals surface area contributed by atoms with Gasteiger partial charge in [-0.05, 0) is 31.5 Å². The molecule has 0 fully saturated rings. The second-order valence-corrected chi connectivity index (χ2v) is 6.87. The van der Waals surface area contributed by atoms with Gasteiger partial charge in [0, 0.05) is 20.8 Å². The van der Waals surface area contributed by atoms with Gasteiger partial charge in [0.25, 0.3) is 0 Å². The summed E-state index contributed by atoms with van der Waals surface area (Å²) in [7, 11) is 0. The van der Waals surface area contributed by atoms with Gasteiger partial charge in [-0.3, -0.25) is 0 Å². The van der Waals surface area contributed by atoms with Crippen molar-refractivity contribution in [3.8, 4) is 0 Å². The Morgan fingerprint density at radius 3 is 2.48 bits per heavy atom. The van der Waals surface area contributed by atoms with E-state index < -0.39 is 11.2 Å². The number of hydrogen-bond acceptors (Lipinski definition) is 4. The van der Waals surface area contributed by atoms with Crippen LogP contribution in [0.5, 0.6) is 0 Å². The van der Waals surface area contributed by atoms with Gasteiger partial charge in [0.1, 0.15) is 0 Å². The fourth-order valence-corrected chi connectivity index (χ4v) is 3.92. The average molecular weight is 334 g/mol. The van der Waals surface area contributed by atoms with E-state index in [-0.39, 0.29) is 6.04 Å². The van der Waals surface area contributed by atoms with Crippen LogP contribution < -0.4 is 5.32 Å². The Hall–Kier alpha value is -0.920. The first kappa shape index (κ1) is 16.5. The average Bonchev–Trinajstić information content (AvgIpc) is 3.07. The highest BCUT2D eigenvalue weighted by Crippen LogP contribution is 2.37. The van der Waals surface area contributed by atoms with Gasteiger partial charge >= 0.3 is 6.18 Å². The van der Waals surface area contributed by atoms with E-state index in [2.05, 4.69) is 17.2 Å². The molecule has 116 valence electrons. The highest BCUT2D eigenvalue weighted by Gasteiger charge is 2.35. The van der Waals surface area contributed by atoms with Crippen LogP contribution in [0.4, 0.5) is 13.2 Å². The molecule has 0 aliphatic rings. The molecule has 0 amide bonds. The van der Waals surface area contributed by atoms with Gasteiger partial charge < -0.3 is 5.32 Å². The monoisotopic (exact) mass is 334 g/mol. The van der Waals surface area contributed by atoms with Crippen molar-refractivity contribution in [3.05, 3.63) is 38.0 Å². The van der Waals surface area contributed by atoms with Crippen LogP contribution in [0.25, 0.3) is 0 Å². The van der Waals surface area contributed by atoms with Gasteiger partial charge in [-0.1, -0.05) is 13.8 Å². The quantitative estimate of drug-likeness (QED) is 0.815. The molecule has 21 heavy (non-hydrogen) atoms. The fraction of sp³-hybridized carbons (Fsp3) is 0.500. The molecule has 0 aliphatic heterocycles. The molecule has 1 N–H and O–H groups in total. The van der Waals surface area contributed by atoms with Gasteiger partial charge in [0.05, 0.1) is 6.04 Å². The van der Waals surface area contributed by atoms with Crippen LogP contribution in [-0.2, 0) is 12.6 Å². The number of hydrogen-bond donors (Lipinski definition) is 1. The predicted octanol–water partition coefficient (Wildman–Crippen LogP) is 4.87. The molecular weight excluding hydrogens is 317 g/mol. The van der Waals surface area contributed by atoms with Gasteiger partial charge in [-0.25, -0.2) is 4.98 Å². The summed E-state index contributed by atoms with van der Waals surface area (Å²) >= 11 is 2.36. The number of halogens is 3. The molecule has 0 saturated carbocycles. The number of alkyl halides is 3. The molecule has 2 rings (SSSR count). The minimum absolute atomic E-state index is 0.205.